The maximum atomic E-state index is 8.66. The Bertz CT molecular complexity index is 694. The number of hydrogen-bond donors (Lipinski definition) is 1. The van der Waals surface area contributed by atoms with E-state index in [4.69, 9.17) is 10.00 Å². The van der Waals surface area contributed by atoms with E-state index in [9.17, 15) is 0 Å². The van der Waals surface area contributed by atoms with Gasteiger partial charge in [0.05, 0.1) is 0 Å². The minimum absolute atomic E-state index is 0.00454. The first-order valence-electron chi connectivity index (χ1n) is 6.52. The fourth-order valence-corrected chi connectivity index (χ4v) is 3.09. The SMILES string of the molecule is N#CCOc1ccccc1[C@@H]1NN=C(c2ccccc2)S1. The molecule has 0 aromatic heterocycles. The highest BCUT2D eigenvalue weighted by Crippen LogP contribution is 2.38. The molecule has 0 fully saturated rings. The van der Waals surface area contributed by atoms with E-state index in [0.29, 0.717) is 5.75 Å². The van der Waals surface area contributed by atoms with Crippen LogP contribution in [0.4, 0.5) is 0 Å². The molecule has 1 aliphatic rings. The van der Waals surface area contributed by atoms with Crippen LogP contribution < -0.4 is 10.2 Å². The normalized spacial score (nSPS) is 16.7. The molecule has 1 aliphatic heterocycles. The van der Waals surface area contributed by atoms with Crippen LogP contribution in [0, 0.1) is 11.3 Å². The van der Waals surface area contributed by atoms with E-state index in [1.165, 1.54) is 0 Å². The number of ether oxygens (including phenoxy) is 1. The molecule has 3 rings (SSSR count). The van der Waals surface area contributed by atoms with Gasteiger partial charge >= 0.3 is 0 Å². The van der Waals surface area contributed by atoms with E-state index in [2.05, 4.69) is 10.5 Å². The zero-order valence-electron chi connectivity index (χ0n) is 11.2. The van der Waals surface area contributed by atoms with Crippen molar-refractivity contribution >= 4 is 16.8 Å². The highest BCUT2D eigenvalue weighted by atomic mass is 32.2. The van der Waals surface area contributed by atoms with Crippen LogP contribution in [-0.2, 0) is 0 Å². The zero-order valence-corrected chi connectivity index (χ0v) is 12.0. The molecule has 0 radical (unpaired) electrons. The molecule has 0 saturated carbocycles. The van der Waals surface area contributed by atoms with Gasteiger partial charge < -0.3 is 4.74 Å². The van der Waals surface area contributed by atoms with Gasteiger partial charge in [-0.25, -0.2) is 0 Å². The quantitative estimate of drug-likeness (QED) is 0.940. The van der Waals surface area contributed by atoms with Gasteiger partial charge in [0.2, 0.25) is 0 Å². The predicted molar refractivity (Wildman–Crippen MR) is 84.0 cm³/mol. The van der Waals surface area contributed by atoms with E-state index in [1.54, 1.807) is 11.8 Å². The molecular weight excluding hydrogens is 282 g/mol. The largest absolute Gasteiger partial charge is 0.478 e. The van der Waals surface area contributed by atoms with E-state index in [0.717, 1.165) is 16.2 Å². The summed E-state index contributed by atoms with van der Waals surface area (Å²) in [4.78, 5) is 0. The van der Waals surface area contributed by atoms with Crippen molar-refractivity contribution in [3.05, 3.63) is 65.7 Å². The average molecular weight is 295 g/mol. The van der Waals surface area contributed by atoms with Crippen LogP contribution in [0.1, 0.15) is 16.5 Å². The molecule has 0 unspecified atom stereocenters. The lowest BCUT2D eigenvalue weighted by atomic mass is 10.2. The summed E-state index contributed by atoms with van der Waals surface area (Å²) in [6.45, 7) is 0.0425. The van der Waals surface area contributed by atoms with Crippen LogP contribution in [-0.4, -0.2) is 11.7 Å². The maximum Gasteiger partial charge on any atom is 0.174 e. The van der Waals surface area contributed by atoms with Gasteiger partial charge in [0, 0.05) is 11.1 Å². The number of thioether (sulfide) groups is 1. The van der Waals surface area contributed by atoms with Crippen molar-refractivity contribution in [2.45, 2.75) is 5.37 Å². The molecule has 0 aliphatic carbocycles. The first-order chi connectivity index (χ1) is 10.4. The van der Waals surface area contributed by atoms with Gasteiger partial charge in [-0.05, 0) is 6.07 Å². The number of rotatable bonds is 4. The van der Waals surface area contributed by atoms with Gasteiger partial charge in [-0.3, -0.25) is 5.43 Å². The van der Waals surface area contributed by atoms with Gasteiger partial charge in [0.15, 0.2) is 6.61 Å². The fraction of sp³-hybridized carbons (Fsp3) is 0.125. The second kappa shape index (κ2) is 6.33. The molecule has 0 saturated heterocycles. The van der Waals surface area contributed by atoms with Crippen molar-refractivity contribution in [2.75, 3.05) is 6.61 Å². The molecule has 2 aromatic rings. The van der Waals surface area contributed by atoms with E-state index >= 15 is 0 Å². The Labute approximate surface area is 127 Å². The highest BCUT2D eigenvalue weighted by molar-refractivity contribution is 8.14. The molecule has 1 heterocycles. The Morgan fingerprint density at radius 3 is 2.71 bits per heavy atom. The summed E-state index contributed by atoms with van der Waals surface area (Å²) < 4.78 is 5.47. The number of para-hydroxylation sites is 1. The molecule has 4 nitrogen and oxygen atoms in total. The number of nitriles is 1. The molecule has 1 N–H and O–H groups in total. The first-order valence-corrected chi connectivity index (χ1v) is 7.40. The lowest BCUT2D eigenvalue weighted by Gasteiger charge is -2.14. The summed E-state index contributed by atoms with van der Waals surface area (Å²) in [5.74, 6) is 0.716. The summed E-state index contributed by atoms with van der Waals surface area (Å²) in [6.07, 6.45) is 0. The van der Waals surface area contributed by atoms with E-state index in [-0.39, 0.29) is 12.0 Å². The first kappa shape index (κ1) is 13.5. The summed E-state index contributed by atoms with van der Waals surface area (Å²) in [7, 11) is 0. The van der Waals surface area contributed by atoms with Crippen LogP contribution in [0.25, 0.3) is 0 Å². The van der Waals surface area contributed by atoms with Crippen molar-refractivity contribution in [1.82, 2.24) is 5.43 Å². The van der Waals surface area contributed by atoms with Crippen molar-refractivity contribution < 1.29 is 4.74 Å². The molecule has 1 atom stereocenters. The van der Waals surface area contributed by atoms with Crippen molar-refractivity contribution in [3.63, 3.8) is 0 Å². The van der Waals surface area contributed by atoms with Crippen LogP contribution in [0.3, 0.4) is 0 Å². The zero-order chi connectivity index (χ0) is 14.5. The minimum Gasteiger partial charge on any atom is -0.478 e. The van der Waals surface area contributed by atoms with Crippen molar-refractivity contribution in [2.24, 2.45) is 5.10 Å². The van der Waals surface area contributed by atoms with Gasteiger partial charge in [0.25, 0.3) is 0 Å². The lowest BCUT2D eigenvalue weighted by Crippen LogP contribution is -2.09. The number of nitrogens with zero attached hydrogens (tertiary/aromatic N) is 2. The van der Waals surface area contributed by atoms with Crippen LogP contribution in [0.15, 0.2) is 59.7 Å². The van der Waals surface area contributed by atoms with Gasteiger partial charge in [-0.2, -0.15) is 10.4 Å². The van der Waals surface area contributed by atoms with Gasteiger partial charge in [-0.1, -0.05) is 60.3 Å². The van der Waals surface area contributed by atoms with E-state index in [1.807, 2.05) is 60.7 Å². The summed E-state index contributed by atoms with van der Waals surface area (Å²) in [6, 6.07) is 19.7. The third-order valence-electron chi connectivity index (χ3n) is 3.03. The standard InChI is InChI=1S/C16H13N3OS/c17-10-11-20-14-9-5-4-8-13(14)16-19-18-15(21-16)12-6-2-1-3-7-12/h1-9,16,19H,11H2/t16-/m1/s1. The monoisotopic (exact) mass is 295 g/mol. The molecule has 0 amide bonds. The third-order valence-corrected chi connectivity index (χ3v) is 4.17. The summed E-state index contributed by atoms with van der Waals surface area (Å²) >= 11 is 1.64. The molecule has 0 bridgehead atoms. The molecule has 2 aromatic carbocycles. The van der Waals surface area contributed by atoms with Crippen molar-refractivity contribution in [1.29, 1.82) is 5.26 Å². The highest BCUT2D eigenvalue weighted by Gasteiger charge is 2.24. The van der Waals surface area contributed by atoms with E-state index < -0.39 is 0 Å². The minimum atomic E-state index is -0.00454. The van der Waals surface area contributed by atoms with Crippen molar-refractivity contribution in [3.8, 4) is 11.8 Å². The van der Waals surface area contributed by atoms with Crippen LogP contribution in [0.5, 0.6) is 5.75 Å². The van der Waals surface area contributed by atoms with Gasteiger partial charge in [-0.15, -0.1) is 0 Å². The number of nitrogens with one attached hydrogen (secondary N) is 1. The van der Waals surface area contributed by atoms with Crippen LogP contribution in [0.2, 0.25) is 0 Å². The third kappa shape index (κ3) is 3.01. The van der Waals surface area contributed by atoms with Crippen LogP contribution >= 0.6 is 11.8 Å². The number of hydrogen-bond acceptors (Lipinski definition) is 5. The Morgan fingerprint density at radius 2 is 1.90 bits per heavy atom. The Hall–Kier alpha value is -2.45. The molecular formula is C16H13N3OS. The molecule has 5 heteroatoms. The topological polar surface area (TPSA) is 57.4 Å². The number of hydrazone groups is 1. The Kier molecular flexibility index (Phi) is 4.08. The lowest BCUT2D eigenvalue weighted by molar-refractivity contribution is 0.362. The summed E-state index contributed by atoms with van der Waals surface area (Å²) in [5.41, 5.74) is 5.21. The smallest absolute Gasteiger partial charge is 0.174 e. The van der Waals surface area contributed by atoms with Gasteiger partial charge in [0.1, 0.15) is 22.2 Å². The predicted octanol–water partition coefficient (Wildman–Crippen LogP) is 3.29. The average Bonchev–Trinajstić information content (AvgIpc) is 3.04. The molecule has 104 valence electrons. The fourth-order valence-electron chi connectivity index (χ4n) is 2.07. The maximum absolute atomic E-state index is 8.66. The second-order valence-electron chi connectivity index (χ2n) is 4.39. The molecule has 21 heavy (non-hydrogen) atoms. The summed E-state index contributed by atoms with van der Waals surface area (Å²) in [5, 5.41) is 14.0. The number of benzene rings is 2. The Morgan fingerprint density at radius 1 is 1.14 bits per heavy atom. The second-order valence-corrected chi connectivity index (χ2v) is 5.49. The Balaban J connectivity index is 1.78. The molecule has 0 spiro atoms.